The van der Waals surface area contributed by atoms with Crippen LogP contribution in [-0.4, -0.2) is 11.0 Å². The van der Waals surface area contributed by atoms with Crippen LogP contribution in [0.5, 0.6) is 0 Å². The normalized spacial score (nSPS) is 14.1. The van der Waals surface area contributed by atoms with E-state index >= 15 is 0 Å². The Bertz CT molecular complexity index is 648. The van der Waals surface area contributed by atoms with E-state index in [0.29, 0.717) is 5.69 Å². The predicted molar refractivity (Wildman–Crippen MR) is 82.1 cm³/mol. The number of anilines is 1. The molecule has 1 aliphatic rings. The molecule has 0 aromatic heterocycles. The lowest BCUT2D eigenvalue weighted by molar-refractivity contribution is -0.384. The van der Waals surface area contributed by atoms with Gasteiger partial charge >= 0.3 is 0 Å². The summed E-state index contributed by atoms with van der Waals surface area (Å²) in [7, 11) is 0. The average molecular weight is 333 g/mol. The Kier molecular flexibility index (Phi) is 3.44. The van der Waals surface area contributed by atoms with Crippen molar-refractivity contribution in [2.24, 2.45) is 0 Å². The number of rotatable bonds is 3. The van der Waals surface area contributed by atoms with Gasteiger partial charge in [0.05, 0.1) is 4.92 Å². The highest BCUT2D eigenvalue weighted by Crippen LogP contribution is 2.31. The first-order chi connectivity index (χ1) is 9.63. The molecule has 0 saturated heterocycles. The molecule has 0 spiro atoms. The number of nitrogens with one attached hydrogen (secondary N) is 1. The van der Waals surface area contributed by atoms with Crippen LogP contribution >= 0.6 is 15.9 Å². The minimum atomic E-state index is -0.350. The van der Waals surface area contributed by atoms with Crippen molar-refractivity contribution in [1.82, 2.24) is 0 Å². The summed E-state index contributed by atoms with van der Waals surface area (Å²) in [6.07, 6.45) is 1.81. The number of halogens is 1. The van der Waals surface area contributed by atoms with Crippen LogP contribution in [0.2, 0.25) is 0 Å². The second kappa shape index (κ2) is 5.25. The summed E-state index contributed by atoms with van der Waals surface area (Å²) in [6, 6.07) is 13.5. The predicted octanol–water partition coefficient (Wildman–Crippen LogP) is 3.94. The van der Waals surface area contributed by atoms with Crippen LogP contribution in [0.15, 0.2) is 46.9 Å². The van der Waals surface area contributed by atoms with Gasteiger partial charge in [-0.1, -0.05) is 40.2 Å². The average Bonchev–Trinajstić information content (AvgIpc) is 2.80. The topological polar surface area (TPSA) is 55.2 Å². The third-order valence-corrected chi connectivity index (χ3v) is 4.06. The molecule has 0 atom stereocenters. The van der Waals surface area contributed by atoms with E-state index in [1.54, 1.807) is 12.1 Å². The zero-order valence-electron chi connectivity index (χ0n) is 10.7. The van der Waals surface area contributed by atoms with E-state index in [0.717, 1.165) is 17.3 Å². The van der Waals surface area contributed by atoms with Gasteiger partial charge in [0.2, 0.25) is 0 Å². The van der Waals surface area contributed by atoms with E-state index in [9.17, 15) is 10.1 Å². The Morgan fingerprint density at radius 3 is 2.40 bits per heavy atom. The molecule has 2 aromatic carbocycles. The van der Waals surface area contributed by atoms with E-state index in [1.807, 2.05) is 12.1 Å². The summed E-state index contributed by atoms with van der Waals surface area (Å²) in [5, 5.41) is 14.4. The number of nitro groups is 1. The Morgan fingerprint density at radius 2 is 1.80 bits per heavy atom. The first-order valence-corrected chi connectivity index (χ1v) is 7.20. The summed E-state index contributed by atoms with van der Waals surface area (Å²) < 4.78 is 0.834. The smallest absolute Gasteiger partial charge is 0.292 e. The summed E-state index contributed by atoms with van der Waals surface area (Å²) in [5.41, 5.74) is 3.33. The van der Waals surface area contributed by atoms with Crippen molar-refractivity contribution in [3.63, 3.8) is 0 Å². The van der Waals surface area contributed by atoms with Crippen molar-refractivity contribution in [2.45, 2.75) is 18.9 Å². The second-order valence-electron chi connectivity index (χ2n) is 4.94. The van der Waals surface area contributed by atoms with Crippen LogP contribution in [0.1, 0.15) is 11.1 Å². The van der Waals surface area contributed by atoms with E-state index in [4.69, 9.17) is 0 Å². The standard InChI is InChI=1S/C15H13BrN2O2/c16-12-5-6-15(18(19)20)14(9-12)17-13-7-10-3-1-2-4-11(10)8-13/h1-6,9,13,17H,7-8H2. The Morgan fingerprint density at radius 1 is 1.15 bits per heavy atom. The fourth-order valence-electron chi connectivity index (χ4n) is 2.66. The van der Waals surface area contributed by atoms with Crippen LogP contribution < -0.4 is 5.32 Å². The zero-order valence-corrected chi connectivity index (χ0v) is 12.3. The molecule has 20 heavy (non-hydrogen) atoms. The highest BCUT2D eigenvalue weighted by molar-refractivity contribution is 9.10. The Hall–Kier alpha value is -1.88. The van der Waals surface area contributed by atoms with E-state index in [1.165, 1.54) is 17.2 Å². The maximum absolute atomic E-state index is 11.1. The minimum absolute atomic E-state index is 0.115. The molecule has 0 heterocycles. The first kappa shape index (κ1) is 13.1. The van der Waals surface area contributed by atoms with Crippen molar-refractivity contribution < 1.29 is 4.92 Å². The van der Waals surface area contributed by atoms with E-state index < -0.39 is 0 Å². The number of nitro benzene ring substituents is 1. The molecule has 0 amide bonds. The van der Waals surface area contributed by atoms with Gasteiger partial charge in [0.15, 0.2) is 0 Å². The lowest BCUT2D eigenvalue weighted by atomic mass is 10.1. The SMILES string of the molecule is O=[N+]([O-])c1ccc(Br)cc1NC1Cc2ccccc2C1. The van der Waals surface area contributed by atoms with Gasteiger partial charge in [-0.15, -0.1) is 0 Å². The van der Waals surface area contributed by atoms with Crippen molar-refractivity contribution >= 4 is 27.3 Å². The molecule has 4 nitrogen and oxygen atoms in total. The van der Waals surface area contributed by atoms with Crippen molar-refractivity contribution in [3.05, 3.63) is 68.2 Å². The third kappa shape index (κ3) is 2.54. The van der Waals surface area contributed by atoms with E-state index in [-0.39, 0.29) is 16.7 Å². The lowest BCUT2D eigenvalue weighted by Crippen LogP contribution is -2.20. The van der Waals surface area contributed by atoms with Crippen molar-refractivity contribution in [3.8, 4) is 0 Å². The molecular formula is C15H13BrN2O2. The lowest BCUT2D eigenvalue weighted by Gasteiger charge is -2.14. The molecule has 0 aliphatic heterocycles. The maximum Gasteiger partial charge on any atom is 0.292 e. The third-order valence-electron chi connectivity index (χ3n) is 3.57. The van der Waals surface area contributed by atoms with Crippen LogP contribution in [0, 0.1) is 10.1 Å². The Balaban J connectivity index is 1.83. The van der Waals surface area contributed by atoms with Gasteiger partial charge in [0.1, 0.15) is 5.69 Å². The fraction of sp³-hybridized carbons (Fsp3) is 0.200. The number of hydrogen-bond acceptors (Lipinski definition) is 3. The molecule has 1 aliphatic carbocycles. The second-order valence-corrected chi connectivity index (χ2v) is 5.85. The maximum atomic E-state index is 11.1. The van der Waals surface area contributed by atoms with Crippen LogP contribution in [0.4, 0.5) is 11.4 Å². The number of fused-ring (bicyclic) bond motifs is 1. The highest BCUT2D eigenvalue weighted by atomic mass is 79.9. The molecule has 5 heteroatoms. The summed E-state index contributed by atoms with van der Waals surface area (Å²) in [4.78, 5) is 10.7. The number of hydrogen-bond donors (Lipinski definition) is 1. The quantitative estimate of drug-likeness (QED) is 0.684. The van der Waals surface area contributed by atoms with Crippen LogP contribution in [0.3, 0.4) is 0 Å². The monoisotopic (exact) mass is 332 g/mol. The molecule has 0 bridgehead atoms. The number of nitrogens with zero attached hydrogens (tertiary/aromatic N) is 1. The van der Waals surface area contributed by atoms with E-state index in [2.05, 4.69) is 33.4 Å². The first-order valence-electron chi connectivity index (χ1n) is 6.41. The van der Waals surface area contributed by atoms with Gasteiger partial charge in [-0.05, 0) is 36.1 Å². The molecule has 3 rings (SSSR count). The van der Waals surface area contributed by atoms with Crippen molar-refractivity contribution in [2.75, 3.05) is 5.32 Å². The molecular weight excluding hydrogens is 320 g/mol. The van der Waals surface area contributed by atoms with Gasteiger partial charge in [0.25, 0.3) is 5.69 Å². The molecule has 102 valence electrons. The highest BCUT2D eigenvalue weighted by Gasteiger charge is 2.23. The van der Waals surface area contributed by atoms with Gasteiger partial charge in [-0.3, -0.25) is 10.1 Å². The van der Waals surface area contributed by atoms with Crippen molar-refractivity contribution in [1.29, 1.82) is 0 Å². The Labute approximate surface area is 125 Å². The minimum Gasteiger partial charge on any atom is -0.376 e. The van der Waals surface area contributed by atoms with Gasteiger partial charge in [-0.25, -0.2) is 0 Å². The molecule has 2 aromatic rings. The molecule has 1 N–H and O–H groups in total. The van der Waals surface area contributed by atoms with Crippen LogP contribution in [0.25, 0.3) is 0 Å². The molecule has 0 unspecified atom stereocenters. The fourth-order valence-corrected chi connectivity index (χ4v) is 3.02. The molecule has 0 fully saturated rings. The van der Waals surface area contributed by atoms with Gasteiger partial charge in [-0.2, -0.15) is 0 Å². The summed E-state index contributed by atoms with van der Waals surface area (Å²) >= 11 is 3.36. The van der Waals surface area contributed by atoms with Gasteiger partial charge in [0, 0.05) is 16.6 Å². The molecule has 0 radical (unpaired) electrons. The molecule has 0 saturated carbocycles. The summed E-state index contributed by atoms with van der Waals surface area (Å²) in [6.45, 7) is 0. The summed E-state index contributed by atoms with van der Waals surface area (Å²) in [5.74, 6) is 0. The number of benzene rings is 2. The zero-order chi connectivity index (χ0) is 14.1. The largest absolute Gasteiger partial charge is 0.376 e. The van der Waals surface area contributed by atoms with Crippen LogP contribution in [-0.2, 0) is 12.8 Å². The van der Waals surface area contributed by atoms with Gasteiger partial charge < -0.3 is 5.32 Å².